The number of aromatic nitrogens is 2. The molecule has 2 N–H and O–H groups in total. The van der Waals surface area contributed by atoms with Gasteiger partial charge in [0.15, 0.2) is 5.96 Å². The van der Waals surface area contributed by atoms with E-state index in [1.54, 1.807) is 12.4 Å². The third-order valence-corrected chi connectivity index (χ3v) is 5.72. The van der Waals surface area contributed by atoms with Gasteiger partial charge in [-0.05, 0) is 28.8 Å². The van der Waals surface area contributed by atoms with Gasteiger partial charge in [-0.3, -0.25) is 0 Å². The second-order valence-corrected chi connectivity index (χ2v) is 7.49. The molecule has 2 aliphatic rings. The average molecular weight is 500 g/mol. The van der Waals surface area contributed by atoms with Crippen molar-refractivity contribution in [3.63, 3.8) is 0 Å². The third-order valence-electron chi connectivity index (χ3n) is 5.72. The summed E-state index contributed by atoms with van der Waals surface area (Å²) in [7, 11) is 0. The fourth-order valence-electron chi connectivity index (χ4n) is 4.07. The molecule has 1 saturated heterocycles. The monoisotopic (exact) mass is 500 g/mol. The molecule has 1 saturated carbocycles. The van der Waals surface area contributed by atoms with Crippen LogP contribution in [-0.2, 0) is 0 Å². The lowest BCUT2D eigenvalue weighted by Gasteiger charge is -2.35. The van der Waals surface area contributed by atoms with Gasteiger partial charge in [-0.2, -0.15) is 0 Å². The van der Waals surface area contributed by atoms with Gasteiger partial charge in [-0.15, -0.1) is 24.0 Å². The van der Waals surface area contributed by atoms with Crippen molar-refractivity contribution in [3.8, 4) is 0 Å². The third kappa shape index (κ3) is 4.14. The first-order valence-electron chi connectivity index (χ1n) is 9.87. The van der Waals surface area contributed by atoms with E-state index in [2.05, 4.69) is 62.2 Å². The summed E-state index contributed by atoms with van der Waals surface area (Å²) in [5.41, 5.74) is 7.75. The zero-order valence-corrected chi connectivity index (χ0v) is 18.5. The molecule has 150 valence electrons. The number of rotatable bonds is 3. The molecule has 5 rings (SSSR count). The summed E-state index contributed by atoms with van der Waals surface area (Å²) in [6.45, 7) is 3.41. The Morgan fingerprint density at radius 1 is 0.931 bits per heavy atom. The van der Waals surface area contributed by atoms with E-state index >= 15 is 0 Å². The highest BCUT2D eigenvalue weighted by Crippen LogP contribution is 2.46. The molecular weight excluding hydrogens is 475 g/mol. The SMILES string of the molecule is I.NC(=N[C@@H]1C[C@H]1c1cccc2ccccc12)N1CCN(c2ncccn2)CC1. The molecule has 0 bridgehead atoms. The first-order valence-corrected chi connectivity index (χ1v) is 9.87. The maximum absolute atomic E-state index is 6.35. The Balaban J connectivity index is 0.00000205. The summed E-state index contributed by atoms with van der Waals surface area (Å²) in [6, 6.07) is 17.3. The molecule has 2 fully saturated rings. The first-order chi connectivity index (χ1) is 13.8. The fourth-order valence-corrected chi connectivity index (χ4v) is 4.07. The molecule has 2 aromatic carbocycles. The maximum Gasteiger partial charge on any atom is 0.225 e. The largest absolute Gasteiger partial charge is 0.370 e. The van der Waals surface area contributed by atoms with Crippen molar-refractivity contribution in [2.45, 2.75) is 18.4 Å². The van der Waals surface area contributed by atoms with Crippen LogP contribution in [0.1, 0.15) is 17.9 Å². The molecule has 0 spiro atoms. The van der Waals surface area contributed by atoms with Crippen LogP contribution in [0.5, 0.6) is 0 Å². The van der Waals surface area contributed by atoms with Crippen LogP contribution >= 0.6 is 24.0 Å². The van der Waals surface area contributed by atoms with Crippen molar-refractivity contribution >= 4 is 46.7 Å². The van der Waals surface area contributed by atoms with Gasteiger partial charge >= 0.3 is 0 Å². The van der Waals surface area contributed by atoms with Crippen molar-refractivity contribution in [1.82, 2.24) is 14.9 Å². The van der Waals surface area contributed by atoms with Crippen LogP contribution in [0, 0.1) is 0 Å². The number of guanidine groups is 1. The molecule has 2 heterocycles. The number of nitrogens with zero attached hydrogens (tertiary/aromatic N) is 5. The quantitative estimate of drug-likeness (QED) is 0.340. The smallest absolute Gasteiger partial charge is 0.225 e. The zero-order chi connectivity index (χ0) is 18.9. The average Bonchev–Trinajstić information content (AvgIpc) is 3.53. The van der Waals surface area contributed by atoms with Gasteiger partial charge in [0.05, 0.1) is 6.04 Å². The lowest BCUT2D eigenvalue weighted by molar-refractivity contribution is 0.378. The van der Waals surface area contributed by atoms with E-state index in [-0.39, 0.29) is 24.0 Å². The minimum Gasteiger partial charge on any atom is -0.370 e. The molecule has 0 amide bonds. The number of nitrogens with two attached hydrogens (primary N) is 1. The highest BCUT2D eigenvalue weighted by Gasteiger charge is 2.39. The number of halogens is 1. The van der Waals surface area contributed by atoms with Crippen LogP contribution in [0.4, 0.5) is 5.95 Å². The van der Waals surface area contributed by atoms with Crippen LogP contribution in [0.2, 0.25) is 0 Å². The van der Waals surface area contributed by atoms with E-state index < -0.39 is 0 Å². The number of anilines is 1. The van der Waals surface area contributed by atoms with Gasteiger partial charge in [0, 0.05) is 44.5 Å². The van der Waals surface area contributed by atoms with E-state index in [0.717, 1.165) is 38.5 Å². The number of benzene rings is 2. The molecule has 0 radical (unpaired) electrons. The van der Waals surface area contributed by atoms with Gasteiger partial charge in [0.1, 0.15) is 0 Å². The number of hydrogen-bond acceptors (Lipinski definition) is 4. The molecule has 3 aromatic rings. The van der Waals surface area contributed by atoms with Gasteiger partial charge < -0.3 is 15.5 Å². The number of aliphatic imine (C=N–C) groups is 1. The van der Waals surface area contributed by atoms with Gasteiger partial charge in [0.25, 0.3) is 0 Å². The second kappa shape index (κ2) is 8.52. The molecule has 6 nitrogen and oxygen atoms in total. The second-order valence-electron chi connectivity index (χ2n) is 7.49. The van der Waals surface area contributed by atoms with Crippen LogP contribution in [0.25, 0.3) is 10.8 Å². The predicted octanol–water partition coefficient (Wildman–Crippen LogP) is 3.24. The minimum atomic E-state index is 0. The topological polar surface area (TPSA) is 70.6 Å². The molecule has 29 heavy (non-hydrogen) atoms. The number of hydrogen-bond donors (Lipinski definition) is 1. The van der Waals surface area contributed by atoms with E-state index in [1.165, 1.54) is 16.3 Å². The predicted molar refractivity (Wildman–Crippen MR) is 128 cm³/mol. The summed E-state index contributed by atoms with van der Waals surface area (Å²) < 4.78 is 0. The molecule has 0 unspecified atom stereocenters. The summed E-state index contributed by atoms with van der Waals surface area (Å²) in [5, 5.41) is 2.63. The van der Waals surface area contributed by atoms with Crippen molar-refractivity contribution in [3.05, 3.63) is 66.5 Å². The molecule has 1 aliphatic carbocycles. The van der Waals surface area contributed by atoms with Crippen molar-refractivity contribution in [1.29, 1.82) is 0 Å². The molecule has 2 atom stereocenters. The Morgan fingerprint density at radius 2 is 1.66 bits per heavy atom. The minimum absolute atomic E-state index is 0. The van der Waals surface area contributed by atoms with Crippen LogP contribution in [-0.4, -0.2) is 53.0 Å². The zero-order valence-electron chi connectivity index (χ0n) is 16.2. The van der Waals surface area contributed by atoms with Gasteiger partial charge in [-0.1, -0.05) is 42.5 Å². The van der Waals surface area contributed by atoms with Crippen molar-refractivity contribution in [2.24, 2.45) is 10.7 Å². The summed E-state index contributed by atoms with van der Waals surface area (Å²) >= 11 is 0. The number of fused-ring (bicyclic) bond motifs is 1. The van der Waals surface area contributed by atoms with Crippen LogP contribution in [0.3, 0.4) is 0 Å². The van der Waals surface area contributed by atoms with E-state index in [0.29, 0.717) is 17.9 Å². The van der Waals surface area contributed by atoms with Crippen molar-refractivity contribution < 1.29 is 0 Å². The van der Waals surface area contributed by atoms with E-state index in [4.69, 9.17) is 10.7 Å². The Labute approximate surface area is 187 Å². The molecule has 7 heteroatoms. The van der Waals surface area contributed by atoms with Crippen LogP contribution in [0.15, 0.2) is 65.9 Å². The van der Waals surface area contributed by atoms with Gasteiger partial charge in [0.2, 0.25) is 5.95 Å². The summed E-state index contributed by atoms with van der Waals surface area (Å²) in [4.78, 5) is 17.9. The first kappa shape index (κ1) is 19.9. The van der Waals surface area contributed by atoms with Crippen molar-refractivity contribution in [2.75, 3.05) is 31.1 Å². The van der Waals surface area contributed by atoms with E-state index in [9.17, 15) is 0 Å². The highest BCUT2D eigenvalue weighted by atomic mass is 127. The standard InChI is InChI=1S/C22H24N6.HI/c23-21(27-11-13-28(14-12-27)22-24-9-4-10-25-22)26-20-15-19(20)18-8-3-6-16-5-1-2-7-17(16)18;/h1-10,19-20H,11-15H2,(H2,23,26);1H/t19-,20+;/m0./s1. The molecule has 1 aliphatic heterocycles. The fraction of sp³-hybridized carbons (Fsp3) is 0.318. The Hall–Kier alpha value is -2.42. The lowest BCUT2D eigenvalue weighted by atomic mass is 10.0. The number of piperazine rings is 1. The maximum atomic E-state index is 6.35. The summed E-state index contributed by atoms with van der Waals surface area (Å²) in [5.74, 6) is 1.93. The van der Waals surface area contributed by atoms with Gasteiger partial charge in [-0.25, -0.2) is 15.0 Å². The molecule has 1 aromatic heterocycles. The molecular formula is C22H25IN6. The lowest BCUT2D eigenvalue weighted by Crippen LogP contribution is -2.51. The Kier molecular flexibility index (Phi) is 5.84. The van der Waals surface area contributed by atoms with E-state index in [1.807, 2.05) is 6.07 Å². The summed E-state index contributed by atoms with van der Waals surface area (Å²) in [6.07, 6.45) is 4.64. The Bertz CT molecular complexity index is 995. The normalized spacial score (nSPS) is 21.7. The Morgan fingerprint density at radius 3 is 2.45 bits per heavy atom. The highest BCUT2D eigenvalue weighted by molar-refractivity contribution is 14.0. The van der Waals surface area contributed by atoms with Crippen LogP contribution < -0.4 is 10.6 Å².